The highest BCUT2D eigenvalue weighted by Crippen LogP contribution is 2.17. The van der Waals surface area contributed by atoms with Gasteiger partial charge in [-0.3, -0.25) is 9.59 Å². The Hall–Kier alpha value is -2.92. The number of hydrogen-bond acceptors (Lipinski definition) is 5. The first-order chi connectivity index (χ1) is 36.6. The number of unbranched alkanes of at least 4 members (excludes halogenated alkanes) is 37. The van der Waals surface area contributed by atoms with Crippen molar-refractivity contribution < 1.29 is 24.2 Å². The molecule has 74 heavy (non-hydrogen) atoms. The number of hydrogen-bond donors (Lipinski definition) is 1. The first kappa shape index (κ1) is 71.1. The second-order valence-electron chi connectivity index (χ2n) is 21.5. The molecule has 428 valence electrons. The van der Waals surface area contributed by atoms with Crippen LogP contribution in [0, 0.1) is 0 Å². The van der Waals surface area contributed by atoms with Gasteiger partial charge in [0.1, 0.15) is 6.61 Å². The maximum absolute atomic E-state index is 12.3. The monoisotopic (exact) mass is 1030 g/mol. The Morgan fingerprint density at radius 2 is 0.581 bits per heavy atom. The van der Waals surface area contributed by atoms with Crippen LogP contribution < -0.4 is 0 Å². The largest absolute Gasteiger partial charge is 0.462 e. The molecule has 1 unspecified atom stereocenters. The lowest BCUT2D eigenvalue weighted by Crippen LogP contribution is -2.28. The highest BCUT2D eigenvalue weighted by atomic mass is 16.6. The highest BCUT2D eigenvalue weighted by Gasteiger charge is 2.16. The Balaban J connectivity index is 3.43. The fraction of sp³-hybridized carbons (Fsp3) is 0.768. The van der Waals surface area contributed by atoms with Crippen molar-refractivity contribution in [3.8, 4) is 0 Å². The Kier molecular flexibility index (Phi) is 61.8. The minimum atomic E-state index is -0.782. The molecule has 1 atom stereocenters. The number of aliphatic hydroxyl groups is 1. The lowest BCUT2D eigenvalue weighted by Gasteiger charge is -2.15. The van der Waals surface area contributed by atoms with Gasteiger partial charge in [-0.15, -0.1) is 0 Å². The molecule has 5 nitrogen and oxygen atoms in total. The van der Waals surface area contributed by atoms with Crippen LogP contribution in [0.3, 0.4) is 0 Å². The van der Waals surface area contributed by atoms with Crippen molar-refractivity contribution in [2.75, 3.05) is 13.2 Å². The molecule has 0 bridgehead atoms. The lowest BCUT2D eigenvalue weighted by atomic mass is 10.0. The van der Waals surface area contributed by atoms with Gasteiger partial charge in [-0.1, -0.05) is 304 Å². The lowest BCUT2D eigenvalue weighted by molar-refractivity contribution is -0.161. The Morgan fingerprint density at radius 3 is 0.878 bits per heavy atom. The molecule has 0 aromatic heterocycles. The molecule has 0 amide bonds. The average Bonchev–Trinajstić information content (AvgIpc) is 3.40. The van der Waals surface area contributed by atoms with Gasteiger partial charge in [-0.05, 0) is 89.9 Å². The van der Waals surface area contributed by atoms with Crippen molar-refractivity contribution in [2.24, 2.45) is 0 Å². The third-order valence-electron chi connectivity index (χ3n) is 14.2. The van der Waals surface area contributed by atoms with Crippen molar-refractivity contribution in [3.05, 3.63) is 85.1 Å². The van der Waals surface area contributed by atoms with E-state index in [-0.39, 0.29) is 25.2 Å². The van der Waals surface area contributed by atoms with Crippen LogP contribution in [-0.2, 0) is 19.1 Å². The summed E-state index contributed by atoms with van der Waals surface area (Å²) in [5.41, 5.74) is 0. The van der Waals surface area contributed by atoms with Crippen LogP contribution in [0.2, 0.25) is 0 Å². The molecule has 0 rings (SSSR count). The third-order valence-corrected chi connectivity index (χ3v) is 14.2. The summed E-state index contributed by atoms with van der Waals surface area (Å²) in [7, 11) is 0. The van der Waals surface area contributed by atoms with E-state index in [0.29, 0.717) is 12.8 Å². The van der Waals surface area contributed by atoms with E-state index in [9.17, 15) is 14.7 Å². The van der Waals surface area contributed by atoms with Crippen molar-refractivity contribution in [1.29, 1.82) is 0 Å². The van der Waals surface area contributed by atoms with Gasteiger partial charge >= 0.3 is 11.9 Å². The zero-order chi connectivity index (χ0) is 53.4. The second-order valence-corrected chi connectivity index (χ2v) is 21.5. The molecule has 0 aliphatic carbocycles. The third kappa shape index (κ3) is 61.6. The van der Waals surface area contributed by atoms with E-state index in [1.807, 2.05) is 0 Å². The van der Waals surface area contributed by atoms with E-state index in [4.69, 9.17) is 9.47 Å². The van der Waals surface area contributed by atoms with Gasteiger partial charge in [-0.2, -0.15) is 0 Å². The minimum absolute atomic E-state index is 0.0709. The topological polar surface area (TPSA) is 72.8 Å². The summed E-state index contributed by atoms with van der Waals surface area (Å²) in [5, 5.41) is 9.67. The van der Waals surface area contributed by atoms with Crippen molar-refractivity contribution in [2.45, 2.75) is 328 Å². The SMILES string of the molecule is CC/C=C\C/C=C\C/C=C\C/C=C\C/C=C\CCCCCCCCCC(=O)OC(CO)COC(=O)CCCCCCCCCCCCCCCCCCCCCCCCCCC/C=C\C/C=C\CCCCCCC. The van der Waals surface area contributed by atoms with E-state index in [2.05, 4.69) is 98.9 Å². The molecule has 1 N–H and O–H groups in total. The molecule has 0 fully saturated rings. The molecule has 0 aromatic rings. The fourth-order valence-corrected chi connectivity index (χ4v) is 9.38. The maximum Gasteiger partial charge on any atom is 0.306 e. The number of ether oxygens (including phenoxy) is 2. The van der Waals surface area contributed by atoms with Crippen LogP contribution in [0.5, 0.6) is 0 Å². The van der Waals surface area contributed by atoms with Gasteiger partial charge in [0.2, 0.25) is 0 Å². The number of allylic oxidation sites excluding steroid dienone is 14. The summed E-state index contributed by atoms with van der Waals surface area (Å²) in [5.74, 6) is -0.594. The predicted octanol–water partition coefficient (Wildman–Crippen LogP) is 22.1. The molecule has 0 saturated heterocycles. The standard InChI is InChI=1S/C69H122O5/c1-3-5-7-9-11-13-15-17-19-21-23-25-27-28-29-30-31-32-33-34-35-36-37-38-39-40-42-43-45-47-49-51-53-55-57-59-61-63-68(71)73-66-67(65-70)74-69(72)64-62-60-58-56-54-52-50-48-46-44-41-26-24-22-20-18-16-14-12-10-8-6-4-2/h6,8,12,14-15,17-18,20-21,23-24,26,44,46,67,70H,3-5,7,9-11,13,16,19,22,25,27-43,45,47-66H2,1-2H3/b8-6-,14-12-,17-15-,20-18-,23-21-,26-24-,46-44-. The molecule has 0 spiro atoms. The van der Waals surface area contributed by atoms with Crippen molar-refractivity contribution in [1.82, 2.24) is 0 Å². The molecule has 0 radical (unpaired) electrons. The summed E-state index contributed by atoms with van der Waals surface area (Å²) in [6.45, 7) is 4.04. The van der Waals surface area contributed by atoms with Crippen LogP contribution in [0.1, 0.15) is 322 Å². The second kappa shape index (κ2) is 64.4. The summed E-state index contributed by atoms with van der Waals surface area (Å²) < 4.78 is 10.7. The fourth-order valence-electron chi connectivity index (χ4n) is 9.38. The number of aliphatic hydroxyl groups excluding tert-OH is 1. The first-order valence-electron chi connectivity index (χ1n) is 32.1. The molecule has 0 aliphatic rings. The maximum atomic E-state index is 12.3. The highest BCUT2D eigenvalue weighted by molar-refractivity contribution is 5.70. The number of esters is 2. The number of carbonyl (C=O) groups excluding carboxylic acids is 2. The van der Waals surface area contributed by atoms with E-state index in [1.54, 1.807) is 0 Å². The van der Waals surface area contributed by atoms with Gasteiger partial charge in [0.15, 0.2) is 6.10 Å². The van der Waals surface area contributed by atoms with E-state index in [1.165, 1.54) is 212 Å². The molecule has 0 aromatic carbocycles. The normalized spacial score (nSPS) is 12.7. The van der Waals surface area contributed by atoms with E-state index in [0.717, 1.165) is 83.5 Å². The molecular weight excluding hydrogens is 909 g/mol. The van der Waals surface area contributed by atoms with Crippen LogP contribution in [0.15, 0.2) is 85.1 Å². The zero-order valence-electron chi connectivity index (χ0n) is 49.1. The van der Waals surface area contributed by atoms with Crippen molar-refractivity contribution >= 4 is 11.9 Å². The Morgan fingerprint density at radius 1 is 0.324 bits per heavy atom. The van der Waals surface area contributed by atoms with Crippen LogP contribution in [0.25, 0.3) is 0 Å². The van der Waals surface area contributed by atoms with Crippen LogP contribution in [-0.4, -0.2) is 36.4 Å². The van der Waals surface area contributed by atoms with Crippen LogP contribution >= 0.6 is 0 Å². The quantitative estimate of drug-likeness (QED) is 0.0373. The van der Waals surface area contributed by atoms with E-state index >= 15 is 0 Å². The summed E-state index contributed by atoms with van der Waals surface area (Å²) >= 11 is 0. The van der Waals surface area contributed by atoms with Gasteiger partial charge < -0.3 is 14.6 Å². The molecular formula is C69H122O5. The van der Waals surface area contributed by atoms with Crippen LogP contribution in [0.4, 0.5) is 0 Å². The Labute approximate surface area is 460 Å². The summed E-state index contributed by atoms with van der Waals surface area (Å²) in [6, 6.07) is 0. The van der Waals surface area contributed by atoms with E-state index < -0.39 is 6.10 Å². The Bertz CT molecular complexity index is 1350. The van der Waals surface area contributed by atoms with Gasteiger partial charge in [0.05, 0.1) is 6.61 Å². The zero-order valence-corrected chi connectivity index (χ0v) is 49.1. The van der Waals surface area contributed by atoms with Gasteiger partial charge in [0.25, 0.3) is 0 Å². The minimum Gasteiger partial charge on any atom is -0.462 e. The predicted molar refractivity (Wildman–Crippen MR) is 325 cm³/mol. The number of carbonyl (C=O) groups is 2. The molecule has 0 aliphatic heterocycles. The first-order valence-corrected chi connectivity index (χ1v) is 32.1. The summed E-state index contributed by atoms with van der Waals surface area (Å²) in [6.07, 6.45) is 90.2. The molecule has 5 heteroatoms. The smallest absolute Gasteiger partial charge is 0.306 e. The average molecular weight is 1030 g/mol. The molecule has 0 heterocycles. The molecule has 0 saturated carbocycles. The van der Waals surface area contributed by atoms with Gasteiger partial charge in [0, 0.05) is 12.8 Å². The van der Waals surface area contributed by atoms with Gasteiger partial charge in [-0.25, -0.2) is 0 Å². The number of rotatable bonds is 59. The summed E-state index contributed by atoms with van der Waals surface area (Å²) in [4.78, 5) is 24.6. The van der Waals surface area contributed by atoms with Crippen molar-refractivity contribution in [3.63, 3.8) is 0 Å².